The van der Waals surface area contributed by atoms with Crippen molar-refractivity contribution in [2.24, 2.45) is 0 Å². The number of rotatable bonds is 4. The highest BCUT2D eigenvalue weighted by atomic mass is 35.5. The Morgan fingerprint density at radius 3 is 2.77 bits per heavy atom. The minimum Gasteiger partial charge on any atom is -0.323 e. The fourth-order valence-electron chi connectivity index (χ4n) is 2.60. The average Bonchev–Trinajstić information content (AvgIpc) is 2.82. The molecule has 0 spiro atoms. The summed E-state index contributed by atoms with van der Waals surface area (Å²) in [6, 6.07) is 7.75. The van der Waals surface area contributed by atoms with Crippen LogP contribution in [-0.2, 0) is 15.1 Å². The lowest BCUT2D eigenvalue weighted by atomic mass is 9.97. The monoisotopic (exact) mass is 376 g/mol. The first-order valence-electron chi connectivity index (χ1n) is 7.62. The van der Waals surface area contributed by atoms with Crippen LogP contribution >= 0.6 is 11.6 Å². The highest BCUT2D eigenvalue weighted by Crippen LogP contribution is 2.27. The van der Waals surface area contributed by atoms with E-state index in [2.05, 4.69) is 15.6 Å². The molecule has 2 aromatic rings. The van der Waals surface area contributed by atoms with Crippen molar-refractivity contribution in [1.82, 2.24) is 15.2 Å². The zero-order valence-corrected chi connectivity index (χ0v) is 14.4. The molecule has 0 radical (unpaired) electrons. The Balaban J connectivity index is 1.74. The van der Waals surface area contributed by atoms with Gasteiger partial charge in [-0.3, -0.25) is 19.5 Å². The molecule has 0 aliphatic carbocycles. The van der Waals surface area contributed by atoms with Gasteiger partial charge in [0.25, 0.3) is 5.91 Å². The SMILES string of the molecule is C[C@@]1(c2ccccn2)NC(=O)N(CC(=O)Nc2ccc(F)cc2Cl)C1=O. The van der Waals surface area contributed by atoms with E-state index in [1.807, 2.05) is 0 Å². The van der Waals surface area contributed by atoms with Crippen LogP contribution in [0.1, 0.15) is 12.6 Å². The van der Waals surface area contributed by atoms with Crippen LogP contribution < -0.4 is 10.6 Å². The smallest absolute Gasteiger partial charge is 0.323 e. The molecule has 2 heterocycles. The Morgan fingerprint density at radius 2 is 2.12 bits per heavy atom. The molecule has 1 aliphatic heterocycles. The van der Waals surface area contributed by atoms with Crippen molar-refractivity contribution in [3.63, 3.8) is 0 Å². The van der Waals surface area contributed by atoms with Crippen molar-refractivity contribution >= 4 is 35.1 Å². The zero-order valence-electron chi connectivity index (χ0n) is 13.6. The highest BCUT2D eigenvalue weighted by molar-refractivity contribution is 6.33. The fraction of sp³-hybridized carbons (Fsp3) is 0.176. The maximum Gasteiger partial charge on any atom is 0.325 e. The second-order valence-corrected chi connectivity index (χ2v) is 6.24. The van der Waals surface area contributed by atoms with Gasteiger partial charge in [-0.05, 0) is 37.3 Å². The summed E-state index contributed by atoms with van der Waals surface area (Å²) in [5, 5.41) is 5.01. The molecule has 1 aromatic heterocycles. The van der Waals surface area contributed by atoms with Gasteiger partial charge in [-0.1, -0.05) is 17.7 Å². The van der Waals surface area contributed by atoms with E-state index in [0.717, 1.165) is 17.0 Å². The zero-order chi connectivity index (χ0) is 18.9. The van der Waals surface area contributed by atoms with Crippen molar-refractivity contribution < 1.29 is 18.8 Å². The molecule has 1 fully saturated rings. The second-order valence-electron chi connectivity index (χ2n) is 5.83. The maximum absolute atomic E-state index is 13.1. The first-order chi connectivity index (χ1) is 12.3. The van der Waals surface area contributed by atoms with Gasteiger partial charge in [0.2, 0.25) is 5.91 Å². The van der Waals surface area contributed by atoms with Crippen molar-refractivity contribution in [1.29, 1.82) is 0 Å². The number of anilines is 1. The Morgan fingerprint density at radius 1 is 1.35 bits per heavy atom. The lowest BCUT2D eigenvalue weighted by Gasteiger charge is -2.20. The normalized spacial score (nSPS) is 19.4. The van der Waals surface area contributed by atoms with E-state index >= 15 is 0 Å². The Kier molecular flexibility index (Phi) is 4.60. The van der Waals surface area contributed by atoms with Gasteiger partial charge in [0.1, 0.15) is 12.4 Å². The summed E-state index contributed by atoms with van der Waals surface area (Å²) in [5.74, 6) is -1.79. The number of nitrogens with zero attached hydrogens (tertiary/aromatic N) is 2. The molecule has 4 amide bonds. The van der Waals surface area contributed by atoms with Gasteiger partial charge < -0.3 is 10.6 Å². The standard InChI is InChI=1S/C17H14ClFN4O3/c1-17(13-4-2-3-7-20-13)15(25)23(16(26)22-17)9-14(24)21-12-6-5-10(19)8-11(12)18/h2-8H,9H2,1H3,(H,21,24)(H,22,26)/t17-/m0/s1. The Hall–Kier alpha value is -3.00. The number of pyridine rings is 1. The molecule has 0 bridgehead atoms. The molecule has 1 aromatic carbocycles. The van der Waals surface area contributed by atoms with Crippen LogP contribution in [0.3, 0.4) is 0 Å². The van der Waals surface area contributed by atoms with E-state index < -0.39 is 35.7 Å². The molecule has 26 heavy (non-hydrogen) atoms. The number of benzene rings is 1. The number of aromatic nitrogens is 1. The van der Waals surface area contributed by atoms with Gasteiger partial charge in [0.15, 0.2) is 5.54 Å². The summed E-state index contributed by atoms with van der Waals surface area (Å²) >= 11 is 5.85. The van der Waals surface area contributed by atoms with Gasteiger partial charge in [0, 0.05) is 6.20 Å². The maximum atomic E-state index is 13.1. The van der Waals surface area contributed by atoms with E-state index in [1.165, 1.54) is 19.2 Å². The van der Waals surface area contributed by atoms with Crippen LogP contribution in [0.15, 0.2) is 42.6 Å². The molecule has 2 N–H and O–H groups in total. The summed E-state index contributed by atoms with van der Waals surface area (Å²) in [6.45, 7) is 1.01. The van der Waals surface area contributed by atoms with E-state index in [4.69, 9.17) is 11.6 Å². The van der Waals surface area contributed by atoms with E-state index in [0.29, 0.717) is 5.69 Å². The number of hydrogen-bond donors (Lipinski definition) is 2. The van der Waals surface area contributed by atoms with E-state index in [-0.39, 0.29) is 10.7 Å². The lowest BCUT2D eigenvalue weighted by molar-refractivity contribution is -0.133. The van der Waals surface area contributed by atoms with Crippen molar-refractivity contribution in [2.45, 2.75) is 12.5 Å². The van der Waals surface area contributed by atoms with Crippen molar-refractivity contribution in [3.8, 4) is 0 Å². The molecule has 1 aliphatic rings. The minimum absolute atomic E-state index is 0.00822. The molecule has 7 nitrogen and oxygen atoms in total. The predicted octanol–water partition coefficient (Wildman–Crippen LogP) is 2.28. The molecular weight excluding hydrogens is 363 g/mol. The summed E-state index contributed by atoms with van der Waals surface area (Å²) in [7, 11) is 0. The predicted molar refractivity (Wildman–Crippen MR) is 91.9 cm³/mol. The third kappa shape index (κ3) is 3.23. The Bertz CT molecular complexity index is 893. The van der Waals surface area contributed by atoms with Crippen LogP contribution in [0, 0.1) is 5.82 Å². The topological polar surface area (TPSA) is 91.4 Å². The van der Waals surface area contributed by atoms with Gasteiger partial charge in [-0.25, -0.2) is 9.18 Å². The third-order valence-corrected chi connectivity index (χ3v) is 4.27. The van der Waals surface area contributed by atoms with Gasteiger partial charge in [0.05, 0.1) is 16.4 Å². The van der Waals surface area contributed by atoms with E-state index in [1.54, 1.807) is 18.2 Å². The first kappa shape index (κ1) is 17.8. The van der Waals surface area contributed by atoms with Crippen LogP contribution in [0.2, 0.25) is 5.02 Å². The second kappa shape index (κ2) is 6.72. The quantitative estimate of drug-likeness (QED) is 0.801. The number of halogens is 2. The number of carbonyl (C=O) groups excluding carboxylic acids is 3. The lowest BCUT2D eigenvalue weighted by Crippen LogP contribution is -2.42. The molecule has 9 heteroatoms. The number of imide groups is 1. The highest BCUT2D eigenvalue weighted by Gasteiger charge is 2.50. The number of urea groups is 1. The third-order valence-electron chi connectivity index (χ3n) is 3.96. The average molecular weight is 377 g/mol. The van der Waals surface area contributed by atoms with Gasteiger partial charge >= 0.3 is 6.03 Å². The summed E-state index contributed by atoms with van der Waals surface area (Å²) in [4.78, 5) is 42.0. The number of nitrogens with one attached hydrogen (secondary N) is 2. The van der Waals surface area contributed by atoms with Crippen LogP contribution in [0.4, 0.5) is 14.9 Å². The molecular formula is C17H14ClFN4O3. The molecule has 1 saturated heterocycles. The summed E-state index contributed by atoms with van der Waals surface area (Å²) in [5.41, 5.74) is -0.813. The van der Waals surface area contributed by atoms with Crippen molar-refractivity contribution in [3.05, 3.63) is 59.1 Å². The molecule has 1 atom stereocenters. The fourth-order valence-corrected chi connectivity index (χ4v) is 2.81. The van der Waals surface area contributed by atoms with Crippen molar-refractivity contribution in [2.75, 3.05) is 11.9 Å². The number of hydrogen-bond acceptors (Lipinski definition) is 4. The van der Waals surface area contributed by atoms with Gasteiger partial charge in [-0.2, -0.15) is 0 Å². The van der Waals surface area contributed by atoms with E-state index in [9.17, 15) is 18.8 Å². The van der Waals surface area contributed by atoms with Gasteiger partial charge in [-0.15, -0.1) is 0 Å². The molecule has 0 unspecified atom stereocenters. The van der Waals surface area contributed by atoms with Crippen LogP contribution in [0.25, 0.3) is 0 Å². The molecule has 0 saturated carbocycles. The van der Waals surface area contributed by atoms with Crippen LogP contribution in [-0.4, -0.2) is 34.3 Å². The minimum atomic E-state index is -1.36. The number of amides is 4. The summed E-state index contributed by atoms with van der Waals surface area (Å²) in [6.07, 6.45) is 1.51. The van der Waals surface area contributed by atoms with Crippen LogP contribution in [0.5, 0.6) is 0 Å². The largest absolute Gasteiger partial charge is 0.325 e. The first-order valence-corrected chi connectivity index (χ1v) is 7.99. The number of carbonyl (C=O) groups is 3. The Labute approximate surface area is 153 Å². The molecule has 134 valence electrons. The molecule has 3 rings (SSSR count). The summed E-state index contributed by atoms with van der Waals surface area (Å²) < 4.78 is 13.1.